The van der Waals surface area contributed by atoms with E-state index in [1.807, 2.05) is 37.3 Å². The largest absolute Gasteiger partial charge is 0.489 e. The smallest absolute Gasteiger partial charge is 0.303 e. The zero-order valence-corrected chi connectivity index (χ0v) is 18.4. The van der Waals surface area contributed by atoms with Gasteiger partial charge in [0.15, 0.2) is 0 Å². The number of aryl methyl sites for hydroxylation is 2. The summed E-state index contributed by atoms with van der Waals surface area (Å²) in [6.07, 6.45) is 2.03. The van der Waals surface area contributed by atoms with Gasteiger partial charge in [-0.25, -0.2) is 4.39 Å². The van der Waals surface area contributed by atoms with Crippen molar-refractivity contribution in [2.45, 2.75) is 44.4 Å². The van der Waals surface area contributed by atoms with Crippen molar-refractivity contribution in [3.8, 4) is 5.75 Å². The number of carboxylic acid groups (broad SMARTS) is 1. The minimum Gasteiger partial charge on any atom is -0.489 e. The van der Waals surface area contributed by atoms with Crippen LogP contribution in [0.15, 0.2) is 35.9 Å². The normalized spacial score (nSPS) is 19.7. The van der Waals surface area contributed by atoms with Crippen LogP contribution in [0, 0.1) is 6.92 Å². The van der Waals surface area contributed by atoms with Gasteiger partial charge >= 0.3 is 5.97 Å². The van der Waals surface area contributed by atoms with Crippen LogP contribution in [0.5, 0.6) is 5.75 Å². The fraction of sp³-hybridized carbons (Fsp3) is 0.381. The Balaban J connectivity index is 1.76. The van der Waals surface area contributed by atoms with Crippen molar-refractivity contribution in [3.63, 3.8) is 0 Å². The Hall–Kier alpha value is -1.42. The number of benzene rings is 1. The molecule has 3 nitrogen and oxygen atoms in total. The van der Waals surface area contributed by atoms with Gasteiger partial charge in [-0.05, 0) is 66.7 Å². The SMILES string of the molecule is Cc1cc(CCC(=O)O)ccc1OCC1=C(c2ccc(Cl)s2)CCC(F)(P)C1. The van der Waals surface area contributed by atoms with Crippen LogP contribution in [0.2, 0.25) is 4.34 Å². The third kappa shape index (κ3) is 5.56. The van der Waals surface area contributed by atoms with Crippen LogP contribution in [0.1, 0.15) is 41.7 Å². The number of alkyl halides is 1. The van der Waals surface area contributed by atoms with Crippen LogP contribution < -0.4 is 4.74 Å². The minimum absolute atomic E-state index is 0.103. The fourth-order valence-corrected chi connectivity index (χ4v) is 4.97. The highest BCUT2D eigenvalue weighted by Gasteiger charge is 2.32. The number of allylic oxidation sites excluding steroid dienone is 1. The Bertz CT molecular complexity index is 907. The molecule has 7 heteroatoms. The van der Waals surface area contributed by atoms with Crippen molar-refractivity contribution in [2.24, 2.45) is 0 Å². The van der Waals surface area contributed by atoms with E-state index in [9.17, 15) is 9.18 Å². The molecular formula is C21H23ClFO3PS. The summed E-state index contributed by atoms with van der Waals surface area (Å²) < 4.78 is 21.4. The topological polar surface area (TPSA) is 46.5 Å². The molecule has 0 saturated heterocycles. The molecule has 2 aromatic rings. The molecule has 2 atom stereocenters. The molecule has 1 aliphatic carbocycles. The number of rotatable bonds is 7. The van der Waals surface area contributed by atoms with Crippen molar-refractivity contribution in [2.75, 3.05) is 6.61 Å². The highest BCUT2D eigenvalue weighted by molar-refractivity contribution is 7.18. The summed E-state index contributed by atoms with van der Waals surface area (Å²) in [5.74, 6) is -0.0792. The van der Waals surface area contributed by atoms with E-state index in [1.54, 1.807) is 0 Å². The summed E-state index contributed by atoms with van der Waals surface area (Å²) in [6.45, 7) is 2.25. The highest BCUT2D eigenvalue weighted by Crippen LogP contribution is 2.45. The van der Waals surface area contributed by atoms with E-state index >= 15 is 0 Å². The highest BCUT2D eigenvalue weighted by atomic mass is 35.5. The summed E-state index contributed by atoms with van der Waals surface area (Å²) in [7, 11) is 2.33. The molecule has 28 heavy (non-hydrogen) atoms. The summed E-state index contributed by atoms with van der Waals surface area (Å²) >= 11 is 7.59. The van der Waals surface area contributed by atoms with Gasteiger partial charge in [0, 0.05) is 17.7 Å². The van der Waals surface area contributed by atoms with Gasteiger partial charge in [-0.3, -0.25) is 4.79 Å². The minimum atomic E-state index is -1.31. The van der Waals surface area contributed by atoms with Crippen LogP contribution in [0.25, 0.3) is 5.57 Å². The number of halogens is 2. The lowest BCUT2D eigenvalue weighted by molar-refractivity contribution is -0.136. The maximum Gasteiger partial charge on any atom is 0.303 e. The maximum atomic E-state index is 14.6. The summed E-state index contributed by atoms with van der Waals surface area (Å²) in [6, 6.07) is 9.54. The van der Waals surface area contributed by atoms with Gasteiger partial charge in [0.25, 0.3) is 0 Å². The lowest BCUT2D eigenvalue weighted by Crippen LogP contribution is -2.22. The molecular weight excluding hydrogens is 418 g/mol. The van der Waals surface area contributed by atoms with Gasteiger partial charge in [0.05, 0.1) is 4.34 Å². The predicted molar refractivity (Wildman–Crippen MR) is 116 cm³/mol. The molecule has 1 aromatic heterocycles. The molecule has 1 aromatic carbocycles. The first-order valence-electron chi connectivity index (χ1n) is 9.12. The van der Waals surface area contributed by atoms with Gasteiger partial charge in [0.2, 0.25) is 0 Å². The van der Waals surface area contributed by atoms with Crippen molar-refractivity contribution >= 4 is 43.7 Å². The first-order chi connectivity index (χ1) is 13.2. The average molecular weight is 441 g/mol. The molecule has 0 amide bonds. The van der Waals surface area contributed by atoms with Crippen molar-refractivity contribution in [1.82, 2.24) is 0 Å². The molecule has 3 rings (SSSR count). The van der Waals surface area contributed by atoms with E-state index < -0.39 is 11.4 Å². The van der Waals surface area contributed by atoms with E-state index in [0.29, 0.717) is 32.3 Å². The second-order valence-corrected chi connectivity index (χ2v) is 9.93. The third-order valence-corrected chi connectivity index (χ3v) is 6.65. The number of carboxylic acids is 1. The second kappa shape index (κ2) is 8.94. The molecule has 1 N–H and O–H groups in total. The van der Waals surface area contributed by atoms with E-state index in [0.717, 1.165) is 37.2 Å². The Labute approximate surface area is 175 Å². The second-order valence-electron chi connectivity index (χ2n) is 7.18. The van der Waals surface area contributed by atoms with E-state index in [-0.39, 0.29) is 6.42 Å². The molecule has 1 heterocycles. The van der Waals surface area contributed by atoms with Gasteiger partial charge in [0.1, 0.15) is 17.8 Å². The van der Waals surface area contributed by atoms with Crippen molar-refractivity contribution < 1.29 is 19.0 Å². The zero-order valence-electron chi connectivity index (χ0n) is 15.6. The number of hydrogen-bond acceptors (Lipinski definition) is 3. The van der Waals surface area contributed by atoms with Gasteiger partial charge in [-0.1, -0.05) is 33.0 Å². The van der Waals surface area contributed by atoms with Gasteiger partial charge in [-0.2, -0.15) is 0 Å². The summed E-state index contributed by atoms with van der Waals surface area (Å²) in [5.41, 5.74) is 3.99. The first-order valence-corrected chi connectivity index (χ1v) is 10.9. The molecule has 2 unspecified atom stereocenters. The number of hydrogen-bond donors (Lipinski definition) is 1. The summed E-state index contributed by atoms with van der Waals surface area (Å²) in [4.78, 5) is 11.8. The fourth-order valence-electron chi connectivity index (χ4n) is 3.42. The quantitative estimate of drug-likeness (QED) is 0.515. The van der Waals surface area contributed by atoms with E-state index in [4.69, 9.17) is 21.4 Å². The molecule has 0 spiro atoms. The lowest BCUT2D eigenvalue weighted by Gasteiger charge is -2.29. The number of aliphatic carboxylic acids is 1. The molecule has 0 aliphatic heterocycles. The Morgan fingerprint density at radius 1 is 1.39 bits per heavy atom. The number of ether oxygens (including phenoxy) is 1. The first kappa shape index (κ1) is 21.3. The lowest BCUT2D eigenvalue weighted by atomic mass is 9.89. The monoisotopic (exact) mass is 440 g/mol. The zero-order chi connectivity index (χ0) is 20.3. The molecule has 0 radical (unpaired) electrons. The molecule has 0 fully saturated rings. The Kier molecular flexibility index (Phi) is 6.80. The summed E-state index contributed by atoms with van der Waals surface area (Å²) in [5, 5.41) is 7.51. The van der Waals surface area contributed by atoms with Crippen LogP contribution in [0.3, 0.4) is 0 Å². The van der Waals surface area contributed by atoms with Crippen molar-refractivity contribution in [1.29, 1.82) is 0 Å². The molecule has 150 valence electrons. The van der Waals surface area contributed by atoms with Crippen LogP contribution in [-0.4, -0.2) is 23.1 Å². The van der Waals surface area contributed by atoms with Crippen LogP contribution in [0.4, 0.5) is 4.39 Å². The molecule has 0 bridgehead atoms. The number of carbonyl (C=O) groups is 1. The Morgan fingerprint density at radius 3 is 2.82 bits per heavy atom. The molecule has 0 saturated carbocycles. The van der Waals surface area contributed by atoms with Gasteiger partial charge in [-0.15, -0.1) is 11.3 Å². The predicted octanol–water partition coefficient (Wildman–Crippen LogP) is 6.28. The average Bonchev–Trinajstić information content (AvgIpc) is 3.04. The van der Waals surface area contributed by atoms with Crippen molar-refractivity contribution in [3.05, 3.63) is 56.2 Å². The van der Waals surface area contributed by atoms with Crippen LogP contribution in [-0.2, 0) is 11.2 Å². The standard InChI is InChI=1S/C21H23ClFO3PS/c1-13-10-14(3-7-20(24)25)2-4-17(13)26-12-15-11-21(23,27)9-8-16(15)18-5-6-19(22)28-18/h2,4-6,10H,3,7-9,11-12,27H2,1H3,(H,24,25). The number of thiophene rings is 1. The van der Waals surface area contributed by atoms with E-state index in [1.165, 1.54) is 11.3 Å². The Morgan fingerprint density at radius 2 is 2.18 bits per heavy atom. The van der Waals surface area contributed by atoms with E-state index in [2.05, 4.69) is 9.24 Å². The molecule has 1 aliphatic rings. The van der Waals surface area contributed by atoms with Gasteiger partial charge < -0.3 is 9.84 Å². The third-order valence-electron chi connectivity index (χ3n) is 4.86. The maximum absolute atomic E-state index is 14.6. The van der Waals surface area contributed by atoms with Crippen LogP contribution >= 0.6 is 32.2 Å².